The molecule has 2 rings (SSSR count). The lowest BCUT2D eigenvalue weighted by Gasteiger charge is -2.15. The molecule has 0 radical (unpaired) electrons. The predicted octanol–water partition coefficient (Wildman–Crippen LogP) is 1.58. The molecule has 0 aromatic heterocycles. The van der Waals surface area contributed by atoms with Crippen LogP contribution >= 0.6 is 0 Å². The molecular weight excluding hydrogens is 188 g/mol. The average molecular weight is 204 g/mol. The molecule has 2 N–H and O–H groups in total. The number of nitrogens with one attached hydrogen (secondary N) is 2. The van der Waals surface area contributed by atoms with Crippen LogP contribution in [-0.2, 0) is 11.4 Å². The summed E-state index contributed by atoms with van der Waals surface area (Å²) in [4.78, 5) is 5.41. The maximum absolute atomic E-state index is 5.41. The van der Waals surface area contributed by atoms with E-state index in [1.165, 1.54) is 11.3 Å². The Kier molecular flexibility index (Phi) is 3.77. The molecule has 3 nitrogen and oxygen atoms in total. The first kappa shape index (κ1) is 10.2. The molecule has 0 atom stereocenters. The van der Waals surface area contributed by atoms with E-state index in [9.17, 15) is 0 Å². The Hall–Kier alpha value is -1.32. The van der Waals surface area contributed by atoms with Crippen LogP contribution in [0.15, 0.2) is 42.1 Å². The maximum atomic E-state index is 5.41. The van der Waals surface area contributed by atoms with Crippen molar-refractivity contribution in [2.24, 2.45) is 0 Å². The highest BCUT2D eigenvalue weighted by Gasteiger charge is 2.01. The van der Waals surface area contributed by atoms with E-state index in [-0.39, 0.29) is 0 Å². The van der Waals surface area contributed by atoms with Crippen molar-refractivity contribution in [1.82, 2.24) is 10.8 Å². The fourth-order valence-electron chi connectivity index (χ4n) is 1.50. The highest BCUT2D eigenvalue weighted by molar-refractivity contribution is 5.13. The SMILES string of the molecule is C1=C(NOCc2ccccc2)CCNC1. The lowest BCUT2D eigenvalue weighted by atomic mass is 10.2. The second-order valence-corrected chi connectivity index (χ2v) is 3.56. The van der Waals surface area contributed by atoms with Crippen molar-refractivity contribution in [3.63, 3.8) is 0 Å². The summed E-state index contributed by atoms with van der Waals surface area (Å²) in [5, 5.41) is 3.25. The summed E-state index contributed by atoms with van der Waals surface area (Å²) in [6.45, 7) is 2.55. The molecule has 1 heterocycles. The van der Waals surface area contributed by atoms with E-state index in [1.807, 2.05) is 18.2 Å². The molecule has 3 heteroatoms. The van der Waals surface area contributed by atoms with Gasteiger partial charge in [0.25, 0.3) is 0 Å². The monoisotopic (exact) mass is 204 g/mol. The Bertz CT molecular complexity index is 322. The van der Waals surface area contributed by atoms with Gasteiger partial charge >= 0.3 is 0 Å². The van der Waals surface area contributed by atoms with Crippen LogP contribution in [0.4, 0.5) is 0 Å². The molecule has 0 saturated carbocycles. The van der Waals surface area contributed by atoms with Crippen molar-refractivity contribution < 1.29 is 4.84 Å². The molecular formula is C12H16N2O. The minimum absolute atomic E-state index is 0.603. The Balaban J connectivity index is 1.73. The van der Waals surface area contributed by atoms with E-state index in [0.717, 1.165) is 19.5 Å². The van der Waals surface area contributed by atoms with Crippen LogP contribution < -0.4 is 10.8 Å². The molecule has 0 saturated heterocycles. The first-order valence-corrected chi connectivity index (χ1v) is 5.26. The van der Waals surface area contributed by atoms with Gasteiger partial charge in [-0.15, -0.1) is 0 Å². The lowest BCUT2D eigenvalue weighted by molar-refractivity contribution is 0.0462. The molecule has 1 aliphatic rings. The van der Waals surface area contributed by atoms with Gasteiger partial charge in [-0.2, -0.15) is 0 Å². The minimum atomic E-state index is 0.603. The van der Waals surface area contributed by atoms with E-state index in [1.54, 1.807) is 0 Å². The van der Waals surface area contributed by atoms with Gasteiger partial charge in [0.15, 0.2) is 0 Å². The lowest BCUT2D eigenvalue weighted by Crippen LogP contribution is -2.26. The first-order valence-electron chi connectivity index (χ1n) is 5.26. The summed E-state index contributed by atoms with van der Waals surface area (Å²) in [6, 6.07) is 10.1. The fourth-order valence-corrected chi connectivity index (χ4v) is 1.50. The van der Waals surface area contributed by atoms with Crippen molar-refractivity contribution in [2.45, 2.75) is 13.0 Å². The van der Waals surface area contributed by atoms with Crippen LogP contribution in [0, 0.1) is 0 Å². The number of hydrogen-bond donors (Lipinski definition) is 2. The number of hydrogen-bond acceptors (Lipinski definition) is 3. The number of benzene rings is 1. The predicted molar refractivity (Wildman–Crippen MR) is 59.9 cm³/mol. The fraction of sp³-hybridized carbons (Fsp3) is 0.333. The molecule has 15 heavy (non-hydrogen) atoms. The average Bonchev–Trinajstić information content (AvgIpc) is 2.32. The van der Waals surface area contributed by atoms with Crippen LogP contribution in [0.25, 0.3) is 0 Å². The van der Waals surface area contributed by atoms with Gasteiger partial charge in [-0.05, 0) is 11.6 Å². The Morgan fingerprint density at radius 1 is 1.27 bits per heavy atom. The zero-order valence-electron chi connectivity index (χ0n) is 8.70. The van der Waals surface area contributed by atoms with Gasteiger partial charge in [0.2, 0.25) is 0 Å². The number of rotatable bonds is 4. The molecule has 0 fully saturated rings. The summed E-state index contributed by atoms with van der Waals surface area (Å²) in [6.07, 6.45) is 3.13. The molecule has 0 spiro atoms. The van der Waals surface area contributed by atoms with E-state index < -0.39 is 0 Å². The summed E-state index contributed by atoms with van der Waals surface area (Å²) >= 11 is 0. The van der Waals surface area contributed by atoms with Gasteiger partial charge in [-0.25, -0.2) is 0 Å². The summed E-state index contributed by atoms with van der Waals surface area (Å²) in [5.41, 5.74) is 5.34. The molecule has 0 amide bonds. The van der Waals surface area contributed by atoms with Crippen molar-refractivity contribution in [3.05, 3.63) is 47.7 Å². The summed E-state index contributed by atoms with van der Waals surface area (Å²) < 4.78 is 0. The third kappa shape index (κ3) is 3.38. The maximum Gasteiger partial charge on any atom is 0.0996 e. The molecule has 1 aromatic rings. The Labute approximate surface area is 90.1 Å². The van der Waals surface area contributed by atoms with Crippen LogP contribution in [0.5, 0.6) is 0 Å². The summed E-state index contributed by atoms with van der Waals surface area (Å²) in [7, 11) is 0. The molecule has 0 bridgehead atoms. The zero-order valence-corrected chi connectivity index (χ0v) is 8.70. The highest BCUT2D eigenvalue weighted by atomic mass is 16.6. The van der Waals surface area contributed by atoms with Crippen LogP contribution in [0.1, 0.15) is 12.0 Å². The van der Waals surface area contributed by atoms with Crippen molar-refractivity contribution in [1.29, 1.82) is 0 Å². The summed E-state index contributed by atoms with van der Waals surface area (Å²) in [5.74, 6) is 0. The second kappa shape index (κ2) is 5.53. The van der Waals surface area contributed by atoms with Crippen molar-refractivity contribution in [3.8, 4) is 0 Å². The topological polar surface area (TPSA) is 33.3 Å². The third-order valence-electron chi connectivity index (χ3n) is 2.35. The molecule has 1 aliphatic heterocycles. The molecule has 0 unspecified atom stereocenters. The quantitative estimate of drug-likeness (QED) is 0.731. The molecule has 1 aromatic carbocycles. The standard InChI is InChI=1S/C12H16N2O/c1-2-4-11(5-3-1)10-15-14-12-6-8-13-9-7-12/h1-6,13-14H,7-10H2. The van der Waals surface area contributed by atoms with E-state index in [0.29, 0.717) is 6.61 Å². The zero-order chi connectivity index (χ0) is 10.3. The normalized spacial score (nSPS) is 15.9. The van der Waals surface area contributed by atoms with Gasteiger partial charge in [-0.1, -0.05) is 30.3 Å². The van der Waals surface area contributed by atoms with Gasteiger partial charge in [-0.3, -0.25) is 10.3 Å². The highest BCUT2D eigenvalue weighted by Crippen LogP contribution is 2.03. The Morgan fingerprint density at radius 2 is 2.13 bits per heavy atom. The Morgan fingerprint density at radius 3 is 2.87 bits per heavy atom. The van der Waals surface area contributed by atoms with Crippen molar-refractivity contribution >= 4 is 0 Å². The minimum Gasteiger partial charge on any atom is -0.313 e. The second-order valence-electron chi connectivity index (χ2n) is 3.56. The third-order valence-corrected chi connectivity index (χ3v) is 2.35. The van der Waals surface area contributed by atoms with Crippen LogP contribution in [0.2, 0.25) is 0 Å². The van der Waals surface area contributed by atoms with Crippen LogP contribution in [-0.4, -0.2) is 13.1 Å². The van der Waals surface area contributed by atoms with E-state index >= 15 is 0 Å². The van der Waals surface area contributed by atoms with Crippen molar-refractivity contribution in [2.75, 3.05) is 13.1 Å². The van der Waals surface area contributed by atoms with Gasteiger partial charge in [0.1, 0.15) is 0 Å². The largest absolute Gasteiger partial charge is 0.313 e. The van der Waals surface area contributed by atoms with Gasteiger partial charge < -0.3 is 5.32 Å². The number of hydroxylamine groups is 1. The van der Waals surface area contributed by atoms with Gasteiger partial charge in [0, 0.05) is 25.2 Å². The van der Waals surface area contributed by atoms with E-state index in [4.69, 9.17) is 4.84 Å². The molecule has 0 aliphatic carbocycles. The first-order chi connectivity index (χ1) is 7.45. The van der Waals surface area contributed by atoms with Crippen LogP contribution in [0.3, 0.4) is 0 Å². The van der Waals surface area contributed by atoms with Gasteiger partial charge in [0.05, 0.1) is 6.61 Å². The smallest absolute Gasteiger partial charge is 0.0996 e. The van der Waals surface area contributed by atoms with E-state index in [2.05, 4.69) is 29.0 Å². The molecule has 80 valence electrons.